The average Bonchev–Trinajstić information content (AvgIpc) is 2.75. The molecule has 0 saturated carbocycles. The van der Waals surface area contributed by atoms with Crippen molar-refractivity contribution >= 4 is 5.97 Å². The molecular weight excluding hydrogens is 220 g/mol. The number of fused-ring (bicyclic) bond motifs is 1. The number of benzene rings is 1. The largest absolute Gasteiger partial charge is 0.481 e. The van der Waals surface area contributed by atoms with Crippen molar-refractivity contribution in [2.75, 3.05) is 6.79 Å². The topological polar surface area (TPSA) is 55.8 Å². The number of carboxylic acids is 1. The second-order valence-corrected chi connectivity index (χ2v) is 4.32. The fraction of sp³-hybridized carbons (Fsp3) is 0.462. The molecule has 1 unspecified atom stereocenters. The Bertz CT molecular complexity index is 414. The quantitative estimate of drug-likeness (QED) is 0.853. The van der Waals surface area contributed by atoms with E-state index in [0.29, 0.717) is 6.42 Å². The molecule has 0 bridgehead atoms. The first-order chi connectivity index (χ1) is 8.16. The summed E-state index contributed by atoms with van der Waals surface area (Å²) in [5, 5.41) is 8.77. The van der Waals surface area contributed by atoms with Crippen LogP contribution >= 0.6 is 0 Å². The minimum absolute atomic E-state index is 0.274. The lowest BCUT2D eigenvalue weighted by Gasteiger charge is -2.06. The Morgan fingerprint density at radius 2 is 2.18 bits per heavy atom. The lowest BCUT2D eigenvalue weighted by molar-refractivity contribution is -0.141. The Balaban J connectivity index is 1.85. The van der Waals surface area contributed by atoms with Crippen LogP contribution in [0.2, 0.25) is 0 Å². The third kappa shape index (κ3) is 2.90. The third-order valence-electron chi connectivity index (χ3n) is 2.96. The van der Waals surface area contributed by atoms with Crippen LogP contribution in [0, 0.1) is 5.92 Å². The Hall–Kier alpha value is -1.71. The standard InChI is InChI=1S/C13H16O4/c1-9(13(14)15)3-2-4-10-5-6-11-12(7-10)17-8-16-11/h5-7,9H,2-4,8H2,1H3,(H,14,15). The first-order valence-corrected chi connectivity index (χ1v) is 5.78. The van der Waals surface area contributed by atoms with Gasteiger partial charge in [0.25, 0.3) is 0 Å². The van der Waals surface area contributed by atoms with Crippen molar-refractivity contribution in [1.82, 2.24) is 0 Å². The summed E-state index contributed by atoms with van der Waals surface area (Å²) < 4.78 is 10.5. The molecular formula is C13H16O4. The van der Waals surface area contributed by atoms with Crippen molar-refractivity contribution in [2.24, 2.45) is 5.92 Å². The summed E-state index contributed by atoms with van der Waals surface area (Å²) in [6.07, 6.45) is 2.44. The molecule has 1 aromatic rings. The summed E-state index contributed by atoms with van der Waals surface area (Å²) in [6, 6.07) is 5.87. The smallest absolute Gasteiger partial charge is 0.306 e. The zero-order chi connectivity index (χ0) is 12.3. The van der Waals surface area contributed by atoms with Gasteiger partial charge < -0.3 is 14.6 Å². The van der Waals surface area contributed by atoms with Crippen LogP contribution in [0.4, 0.5) is 0 Å². The van der Waals surface area contributed by atoms with Gasteiger partial charge in [0.2, 0.25) is 6.79 Å². The number of carboxylic acid groups (broad SMARTS) is 1. The Morgan fingerprint density at radius 1 is 1.41 bits per heavy atom. The van der Waals surface area contributed by atoms with Gasteiger partial charge in [-0.3, -0.25) is 4.79 Å². The van der Waals surface area contributed by atoms with E-state index < -0.39 is 5.97 Å². The van der Waals surface area contributed by atoms with E-state index >= 15 is 0 Å². The zero-order valence-corrected chi connectivity index (χ0v) is 9.81. The molecule has 0 saturated heterocycles. The predicted octanol–water partition coefficient (Wildman–Crippen LogP) is 2.46. The molecule has 92 valence electrons. The van der Waals surface area contributed by atoms with E-state index in [1.807, 2.05) is 18.2 Å². The van der Waals surface area contributed by atoms with Gasteiger partial charge in [0.15, 0.2) is 11.5 Å². The van der Waals surface area contributed by atoms with Crippen LogP contribution in [-0.2, 0) is 11.2 Å². The molecule has 17 heavy (non-hydrogen) atoms. The van der Waals surface area contributed by atoms with Gasteiger partial charge in [-0.05, 0) is 37.0 Å². The minimum atomic E-state index is -0.726. The second-order valence-electron chi connectivity index (χ2n) is 4.32. The van der Waals surface area contributed by atoms with E-state index in [-0.39, 0.29) is 12.7 Å². The Morgan fingerprint density at radius 3 is 2.94 bits per heavy atom. The maximum absolute atomic E-state index is 10.7. The first-order valence-electron chi connectivity index (χ1n) is 5.78. The summed E-state index contributed by atoms with van der Waals surface area (Å²) in [4.78, 5) is 10.7. The van der Waals surface area contributed by atoms with E-state index in [4.69, 9.17) is 14.6 Å². The van der Waals surface area contributed by atoms with Gasteiger partial charge in [0, 0.05) is 0 Å². The molecule has 0 aliphatic carbocycles. The Labute approximate surface area is 100 Å². The lowest BCUT2D eigenvalue weighted by Crippen LogP contribution is -2.09. The summed E-state index contributed by atoms with van der Waals surface area (Å²) in [5.41, 5.74) is 1.16. The van der Waals surface area contributed by atoms with Crippen LogP contribution < -0.4 is 9.47 Å². The van der Waals surface area contributed by atoms with Crippen LogP contribution in [0.25, 0.3) is 0 Å². The summed E-state index contributed by atoms with van der Waals surface area (Å²) >= 11 is 0. The molecule has 0 radical (unpaired) electrons. The molecule has 1 atom stereocenters. The summed E-state index contributed by atoms with van der Waals surface area (Å²) in [6.45, 7) is 2.02. The molecule has 1 aliphatic heterocycles. The maximum Gasteiger partial charge on any atom is 0.306 e. The van der Waals surface area contributed by atoms with Crippen molar-refractivity contribution < 1.29 is 19.4 Å². The highest BCUT2D eigenvalue weighted by Crippen LogP contribution is 2.32. The van der Waals surface area contributed by atoms with E-state index in [0.717, 1.165) is 29.9 Å². The minimum Gasteiger partial charge on any atom is -0.481 e. The van der Waals surface area contributed by atoms with Gasteiger partial charge in [-0.25, -0.2) is 0 Å². The van der Waals surface area contributed by atoms with Gasteiger partial charge in [-0.1, -0.05) is 13.0 Å². The molecule has 1 heterocycles. The van der Waals surface area contributed by atoms with Gasteiger partial charge in [0.05, 0.1) is 5.92 Å². The Kier molecular flexibility index (Phi) is 3.52. The van der Waals surface area contributed by atoms with Crippen molar-refractivity contribution in [2.45, 2.75) is 26.2 Å². The van der Waals surface area contributed by atoms with Gasteiger partial charge in [-0.2, -0.15) is 0 Å². The second kappa shape index (κ2) is 5.08. The van der Waals surface area contributed by atoms with Gasteiger partial charge in [0.1, 0.15) is 0 Å². The summed E-state index contributed by atoms with van der Waals surface area (Å²) in [5.74, 6) is 0.570. The van der Waals surface area contributed by atoms with Gasteiger partial charge in [-0.15, -0.1) is 0 Å². The van der Waals surface area contributed by atoms with E-state index in [1.165, 1.54) is 0 Å². The monoisotopic (exact) mass is 236 g/mol. The van der Waals surface area contributed by atoms with Crippen LogP contribution in [0.5, 0.6) is 11.5 Å². The summed E-state index contributed by atoms with van der Waals surface area (Å²) in [7, 11) is 0. The highest BCUT2D eigenvalue weighted by atomic mass is 16.7. The highest BCUT2D eigenvalue weighted by Gasteiger charge is 2.14. The van der Waals surface area contributed by atoms with E-state index in [2.05, 4.69) is 0 Å². The molecule has 1 aliphatic rings. The number of hydrogen-bond donors (Lipinski definition) is 1. The molecule has 1 aromatic carbocycles. The highest BCUT2D eigenvalue weighted by molar-refractivity contribution is 5.69. The van der Waals surface area contributed by atoms with Crippen molar-refractivity contribution in [3.8, 4) is 11.5 Å². The maximum atomic E-state index is 10.7. The molecule has 4 nitrogen and oxygen atoms in total. The molecule has 4 heteroatoms. The fourth-order valence-electron chi connectivity index (χ4n) is 1.83. The normalized spacial score (nSPS) is 14.6. The number of aryl methyl sites for hydroxylation is 1. The molecule has 1 N–H and O–H groups in total. The van der Waals surface area contributed by atoms with Crippen molar-refractivity contribution in [3.05, 3.63) is 23.8 Å². The molecule has 0 spiro atoms. The lowest BCUT2D eigenvalue weighted by atomic mass is 10.0. The number of aliphatic carboxylic acids is 1. The predicted molar refractivity (Wildman–Crippen MR) is 62.3 cm³/mol. The molecule has 0 aromatic heterocycles. The van der Waals surface area contributed by atoms with Gasteiger partial charge >= 0.3 is 5.97 Å². The van der Waals surface area contributed by atoms with E-state index in [1.54, 1.807) is 6.92 Å². The molecule has 0 fully saturated rings. The van der Waals surface area contributed by atoms with Crippen LogP contribution in [0.3, 0.4) is 0 Å². The third-order valence-corrected chi connectivity index (χ3v) is 2.96. The first kappa shape index (κ1) is 11.8. The fourth-order valence-corrected chi connectivity index (χ4v) is 1.83. The van der Waals surface area contributed by atoms with Crippen molar-refractivity contribution in [1.29, 1.82) is 0 Å². The van der Waals surface area contributed by atoms with E-state index in [9.17, 15) is 4.79 Å². The van der Waals surface area contributed by atoms with Crippen LogP contribution in [0.15, 0.2) is 18.2 Å². The average molecular weight is 236 g/mol. The number of ether oxygens (including phenoxy) is 2. The zero-order valence-electron chi connectivity index (χ0n) is 9.81. The number of hydrogen-bond acceptors (Lipinski definition) is 3. The number of carbonyl (C=O) groups is 1. The SMILES string of the molecule is CC(CCCc1ccc2c(c1)OCO2)C(=O)O. The molecule has 0 amide bonds. The van der Waals surface area contributed by atoms with Crippen molar-refractivity contribution in [3.63, 3.8) is 0 Å². The van der Waals surface area contributed by atoms with Crippen LogP contribution in [-0.4, -0.2) is 17.9 Å². The molecule has 2 rings (SSSR count). The number of rotatable bonds is 5. The van der Waals surface area contributed by atoms with Crippen LogP contribution in [0.1, 0.15) is 25.3 Å².